The fraction of sp³-hybridized carbons (Fsp3) is 0.382. The molecule has 4 aromatic rings. The number of fused-ring (bicyclic) bond motifs is 7. The van der Waals surface area contributed by atoms with Gasteiger partial charge in [0.25, 0.3) is 0 Å². The highest BCUT2D eigenvalue weighted by Crippen LogP contribution is 2.35. The van der Waals surface area contributed by atoms with Gasteiger partial charge in [0.2, 0.25) is 5.91 Å². The van der Waals surface area contributed by atoms with Crippen molar-refractivity contribution in [2.75, 3.05) is 35.6 Å². The maximum atomic E-state index is 16.2. The molecule has 5 heterocycles. The number of carbonyl (C=O) groups excluding carboxylic acids is 1. The smallest absolute Gasteiger partial charge is 0.355 e. The molecule has 46 heavy (non-hydrogen) atoms. The summed E-state index contributed by atoms with van der Waals surface area (Å²) in [6, 6.07) is 7.19. The highest BCUT2D eigenvalue weighted by Gasteiger charge is 2.34. The number of nitrogens with zero attached hydrogens (tertiary/aromatic N) is 6. The van der Waals surface area contributed by atoms with Gasteiger partial charge in [-0.15, -0.1) is 11.8 Å². The minimum absolute atomic E-state index is 0.0149. The lowest BCUT2D eigenvalue weighted by atomic mass is 10.1. The number of pyridine rings is 2. The van der Waals surface area contributed by atoms with Crippen molar-refractivity contribution in [3.8, 4) is 16.9 Å². The summed E-state index contributed by atoms with van der Waals surface area (Å²) in [5, 5.41) is 3.61. The zero-order chi connectivity index (χ0) is 32.7. The number of benzene rings is 1. The molecule has 3 aromatic heterocycles. The largest absolute Gasteiger partial charge is 0.385 e. The molecule has 0 saturated carbocycles. The van der Waals surface area contributed by atoms with E-state index in [0.29, 0.717) is 42.1 Å². The van der Waals surface area contributed by atoms with Crippen molar-refractivity contribution in [3.05, 3.63) is 77.0 Å². The molecule has 6 bridgehead atoms. The summed E-state index contributed by atoms with van der Waals surface area (Å²) < 4.78 is 33.0. The van der Waals surface area contributed by atoms with Gasteiger partial charge in [-0.2, -0.15) is 4.98 Å². The molecule has 1 N–H and O–H groups in total. The zero-order valence-electron chi connectivity index (χ0n) is 26.4. The van der Waals surface area contributed by atoms with E-state index in [1.54, 1.807) is 28.8 Å². The SMILES string of the molecule is C=CC(=O)N1C[C@H](C)N(c2nc(=O)n3c4nc(c(F)cc24)-c2cc(ccc2F)NCCCCSc2cnc(C(C)C)c-3c2)C[C@H]1C. The second kappa shape index (κ2) is 12.8. The van der Waals surface area contributed by atoms with Crippen LogP contribution in [0.3, 0.4) is 0 Å². The molecule has 2 atom stereocenters. The van der Waals surface area contributed by atoms with Gasteiger partial charge in [0.15, 0.2) is 5.65 Å². The molecular weight excluding hydrogens is 608 g/mol. The molecule has 240 valence electrons. The quantitative estimate of drug-likeness (QED) is 0.265. The van der Waals surface area contributed by atoms with Gasteiger partial charge >= 0.3 is 5.69 Å². The second-order valence-corrected chi connectivity index (χ2v) is 13.4. The molecule has 1 fully saturated rings. The van der Waals surface area contributed by atoms with E-state index in [0.717, 1.165) is 23.5 Å². The van der Waals surface area contributed by atoms with Crippen molar-refractivity contribution in [3.63, 3.8) is 0 Å². The first kappa shape index (κ1) is 31.7. The van der Waals surface area contributed by atoms with Gasteiger partial charge in [-0.1, -0.05) is 20.4 Å². The van der Waals surface area contributed by atoms with Crippen molar-refractivity contribution in [1.82, 2.24) is 24.4 Å². The van der Waals surface area contributed by atoms with E-state index in [1.165, 1.54) is 22.8 Å². The second-order valence-electron chi connectivity index (χ2n) is 12.2. The molecule has 1 amide bonds. The monoisotopic (exact) mass is 645 g/mol. The van der Waals surface area contributed by atoms with Crippen molar-refractivity contribution < 1.29 is 13.6 Å². The van der Waals surface area contributed by atoms with E-state index in [4.69, 9.17) is 9.97 Å². The summed E-state index contributed by atoms with van der Waals surface area (Å²) in [6.07, 6.45) is 4.90. The Morgan fingerprint density at radius 2 is 1.89 bits per heavy atom. The third-order valence-electron chi connectivity index (χ3n) is 8.57. The molecule has 0 radical (unpaired) electrons. The van der Waals surface area contributed by atoms with Gasteiger partial charge in [-0.3, -0.25) is 9.78 Å². The molecule has 2 aliphatic rings. The Labute approximate surface area is 270 Å². The average Bonchev–Trinajstić information content (AvgIpc) is 3.03. The van der Waals surface area contributed by atoms with Crippen LogP contribution < -0.4 is 15.9 Å². The van der Waals surface area contributed by atoms with Crippen LogP contribution in [0.4, 0.5) is 20.3 Å². The van der Waals surface area contributed by atoms with Crippen LogP contribution in [0.15, 0.2) is 58.9 Å². The number of halogens is 2. The van der Waals surface area contributed by atoms with Crippen LogP contribution in [0.25, 0.3) is 28.0 Å². The number of hydrogen-bond acceptors (Lipinski definition) is 8. The number of hydrogen-bond donors (Lipinski definition) is 1. The number of thioether (sulfide) groups is 1. The standard InChI is InChI=1S/C34H37F2N7O2S/c1-6-29(44)41-17-21(5)42(18-20(41)4)32-25-15-27(36)31-24-13-22(9-10-26(24)35)37-11-7-8-12-46-23-14-28(30(19(2)3)38-16-23)43(33(25)39-31)34(45)40-32/h6,9-10,13-16,19-21,37H,1,7-8,11-12,17-18H2,2-5H3/t20-,21+/m1/s1. The predicted octanol–water partition coefficient (Wildman–Crippen LogP) is 6.15. The number of nitrogens with one attached hydrogen (secondary N) is 1. The average molecular weight is 646 g/mol. The minimum atomic E-state index is -0.745. The molecule has 6 rings (SSSR count). The lowest BCUT2D eigenvalue weighted by Gasteiger charge is -2.44. The van der Waals surface area contributed by atoms with Crippen LogP contribution in [0.1, 0.15) is 52.1 Å². The first-order valence-electron chi connectivity index (χ1n) is 15.6. The number of rotatable bonds is 3. The summed E-state index contributed by atoms with van der Waals surface area (Å²) in [7, 11) is 0. The van der Waals surface area contributed by atoms with E-state index in [-0.39, 0.29) is 46.6 Å². The van der Waals surface area contributed by atoms with E-state index < -0.39 is 17.3 Å². The lowest BCUT2D eigenvalue weighted by Crippen LogP contribution is -2.58. The summed E-state index contributed by atoms with van der Waals surface area (Å²) in [4.78, 5) is 45.3. The highest BCUT2D eigenvalue weighted by molar-refractivity contribution is 7.99. The van der Waals surface area contributed by atoms with Gasteiger partial charge < -0.3 is 15.1 Å². The topological polar surface area (TPSA) is 96.3 Å². The van der Waals surface area contributed by atoms with E-state index in [2.05, 4.69) is 16.9 Å². The van der Waals surface area contributed by atoms with Crippen molar-refractivity contribution in [2.24, 2.45) is 0 Å². The maximum absolute atomic E-state index is 16.2. The van der Waals surface area contributed by atoms with Crippen LogP contribution in [0.5, 0.6) is 0 Å². The fourth-order valence-corrected chi connectivity index (χ4v) is 7.10. The lowest BCUT2D eigenvalue weighted by molar-refractivity contribution is -0.128. The fourth-order valence-electron chi connectivity index (χ4n) is 6.19. The molecular formula is C34H37F2N7O2S. The molecule has 2 aliphatic heterocycles. The van der Waals surface area contributed by atoms with Crippen LogP contribution in [0.2, 0.25) is 0 Å². The Balaban J connectivity index is 1.65. The summed E-state index contributed by atoms with van der Waals surface area (Å²) in [5.74, 6) is -0.518. The van der Waals surface area contributed by atoms with E-state index >= 15 is 8.78 Å². The Morgan fingerprint density at radius 3 is 2.65 bits per heavy atom. The number of anilines is 2. The minimum Gasteiger partial charge on any atom is -0.385 e. The summed E-state index contributed by atoms with van der Waals surface area (Å²) >= 11 is 1.65. The maximum Gasteiger partial charge on any atom is 0.355 e. The molecule has 0 aliphatic carbocycles. The van der Waals surface area contributed by atoms with Gasteiger partial charge in [0.05, 0.1) is 16.8 Å². The van der Waals surface area contributed by atoms with Crippen LogP contribution in [0, 0.1) is 11.6 Å². The Morgan fingerprint density at radius 1 is 1.09 bits per heavy atom. The molecule has 1 saturated heterocycles. The van der Waals surface area contributed by atoms with E-state index in [1.807, 2.05) is 44.9 Å². The third-order valence-corrected chi connectivity index (χ3v) is 9.62. The predicted molar refractivity (Wildman–Crippen MR) is 179 cm³/mol. The van der Waals surface area contributed by atoms with Gasteiger partial charge in [0, 0.05) is 54.1 Å². The van der Waals surface area contributed by atoms with Crippen molar-refractivity contribution >= 4 is 40.2 Å². The van der Waals surface area contributed by atoms with Gasteiger partial charge in [-0.05, 0) is 74.8 Å². The normalized spacial score (nSPS) is 18.6. The Hall–Kier alpha value is -4.32. The van der Waals surface area contributed by atoms with Crippen molar-refractivity contribution in [1.29, 1.82) is 0 Å². The van der Waals surface area contributed by atoms with Crippen LogP contribution >= 0.6 is 11.8 Å². The number of piperazine rings is 1. The highest BCUT2D eigenvalue weighted by atomic mass is 32.2. The number of carbonyl (C=O) groups is 1. The molecule has 1 aromatic carbocycles. The van der Waals surface area contributed by atoms with Crippen molar-refractivity contribution in [2.45, 2.75) is 63.4 Å². The van der Waals surface area contributed by atoms with Gasteiger partial charge in [0.1, 0.15) is 23.1 Å². The Kier molecular flexibility index (Phi) is 8.82. The summed E-state index contributed by atoms with van der Waals surface area (Å²) in [5.41, 5.74) is 1.12. The summed E-state index contributed by atoms with van der Waals surface area (Å²) in [6.45, 7) is 12.8. The number of aromatic nitrogens is 4. The molecule has 12 heteroatoms. The molecule has 0 spiro atoms. The van der Waals surface area contributed by atoms with Crippen LogP contribution in [-0.2, 0) is 4.79 Å². The van der Waals surface area contributed by atoms with E-state index in [9.17, 15) is 9.59 Å². The zero-order valence-corrected chi connectivity index (χ0v) is 27.2. The molecule has 0 unspecified atom stereocenters. The Bertz CT molecular complexity index is 1900. The van der Waals surface area contributed by atoms with Crippen LogP contribution in [-0.4, -0.2) is 67.8 Å². The first-order valence-corrected chi connectivity index (χ1v) is 16.6. The van der Waals surface area contributed by atoms with Gasteiger partial charge in [-0.25, -0.2) is 23.1 Å². The molecule has 9 nitrogen and oxygen atoms in total. The third kappa shape index (κ3) is 5.86. The first-order chi connectivity index (χ1) is 22.1. The number of amides is 1.